The Labute approximate surface area is 101 Å². The lowest BCUT2D eigenvalue weighted by Gasteiger charge is -2.03. The van der Waals surface area contributed by atoms with E-state index in [1.54, 1.807) is 36.4 Å². The number of halogens is 2. The van der Waals surface area contributed by atoms with Gasteiger partial charge in [0, 0.05) is 10.0 Å². The van der Waals surface area contributed by atoms with Crippen LogP contribution < -0.4 is 0 Å². The van der Waals surface area contributed by atoms with Crippen molar-refractivity contribution < 1.29 is 4.39 Å². The molecule has 0 aromatic heterocycles. The van der Waals surface area contributed by atoms with Gasteiger partial charge in [-0.25, -0.2) is 9.24 Å². The number of nitrogens with zero attached hydrogens (tertiary/aromatic N) is 1. The summed E-state index contributed by atoms with van der Waals surface area (Å²) in [5.41, 5.74) is 1.87. The summed E-state index contributed by atoms with van der Waals surface area (Å²) in [6, 6.07) is 11.8. The average Bonchev–Trinajstić information content (AvgIpc) is 2.29. The molecule has 0 N–H and O–H groups in total. The fraction of sp³-hybridized carbons (Fsp3) is 0. The van der Waals surface area contributed by atoms with Crippen LogP contribution in [0, 0.1) is 12.4 Å². The highest BCUT2D eigenvalue weighted by atomic mass is 79.9. The minimum atomic E-state index is -0.273. The van der Waals surface area contributed by atoms with Gasteiger partial charge in [-0.1, -0.05) is 46.3 Å². The van der Waals surface area contributed by atoms with Crippen LogP contribution in [0.25, 0.3) is 16.0 Å². The first-order valence-corrected chi connectivity index (χ1v) is 5.43. The second-order valence-corrected chi connectivity index (χ2v) is 4.20. The molecule has 3 heteroatoms. The van der Waals surface area contributed by atoms with E-state index < -0.39 is 0 Å². The molecule has 2 rings (SSSR count). The third-order valence-electron chi connectivity index (χ3n) is 2.24. The zero-order valence-electron chi connectivity index (χ0n) is 8.24. The van der Waals surface area contributed by atoms with Crippen LogP contribution in [-0.4, -0.2) is 0 Å². The monoisotopic (exact) mass is 275 g/mol. The van der Waals surface area contributed by atoms with Gasteiger partial charge in [-0.2, -0.15) is 0 Å². The van der Waals surface area contributed by atoms with Crippen molar-refractivity contribution in [3.8, 4) is 11.1 Å². The molecule has 0 amide bonds. The molecule has 0 atom stereocenters. The van der Waals surface area contributed by atoms with Gasteiger partial charge in [-0.05, 0) is 17.7 Å². The van der Waals surface area contributed by atoms with Crippen LogP contribution in [0.3, 0.4) is 0 Å². The van der Waals surface area contributed by atoms with Crippen molar-refractivity contribution in [1.29, 1.82) is 0 Å². The van der Waals surface area contributed by atoms with Crippen molar-refractivity contribution >= 4 is 21.6 Å². The van der Waals surface area contributed by atoms with E-state index in [9.17, 15) is 4.39 Å². The molecule has 0 saturated carbocycles. The van der Waals surface area contributed by atoms with Gasteiger partial charge < -0.3 is 0 Å². The normalized spacial score (nSPS) is 9.81. The Bertz CT molecular complexity index is 555. The summed E-state index contributed by atoms with van der Waals surface area (Å²) in [5, 5.41) is 0. The Morgan fingerprint density at radius 1 is 1.06 bits per heavy atom. The highest BCUT2D eigenvalue weighted by Gasteiger charge is 2.05. The summed E-state index contributed by atoms with van der Waals surface area (Å²) < 4.78 is 14.3. The SMILES string of the molecule is [C-]#[N+]c1ccc(-c2ccc(Br)cc2F)cc1. The molecule has 0 bridgehead atoms. The van der Waals surface area contributed by atoms with Gasteiger partial charge in [0.1, 0.15) is 5.82 Å². The lowest BCUT2D eigenvalue weighted by atomic mass is 10.1. The van der Waals surface area contributed by atoms with Crippen LogP contribution in [0.4, 0.5) is 10.1 Å². The molecule has 0 saturated heterocycles. The average molecular weight is 276 g/mol. The Morgan fingerprint density at radius 2 is 1.75 bits per heavy atom. The van der Waals surface area contributed by atoms with Crippen LogP contribution >= 0.6 is 15.9 Å². The Morgan fingerprint density at radius 3 is 2.31 bits per heavy atom. The van der Waals surface area contributed by atoms with E-state index in [0.717, 1.165) is 5.56 Å². The van der Waals surface area contributed by atoms with Gasteiger partial charge in [0.25, 0.3) is 0 Å². The van der Waals surface area contributed by atoms with E-state index in [0.29, 0.717) is 15.7 Å². The lowest BCUT2D eigenvalue weighted by molar-refractivity contribution is 0.630. The molecule has 0 aliphatic carbocycles. The predicted octanol–water partition coefficient (Wildman–Crippen LogP) is 4.81. The van der Waals surface area contributed by atoms with Crippen LogP contribution in [0.5, 0.6) is 0 Å². The molecule has 16 heavy (non-hydrogen) atoms. The standard InChI is InChI=1S/C13H7BrFN/c1-16-11-5-2-9(3-6-11)12-7-4-10(14)8-13(12)15/h2-8H. The molecule has 2 aromatic carbocycles. The molecular formula is C13H7BrFN. The fourth-order valence-electron chi connectivity index (χ4n) is 1.44. The molecule has 0 aliphatic heterocycles. The molecule has 0 aliphatic rings. The number of benzene rings is 2. The van der Waals surface area contributed by atoms with Crippen LogP contribution in [0.15, 0.2) is 46.9 Å². The van der Waals surface area contributed by atoms with E-state index in [1.807, 2.05) is 0 Å². The molecule has 0 spiro atoms. The highest BCUT2D eigenvalue weighted by Crippen LogP contribution is 2.27. The summed E-state index contributed by atoms with van der Waals surface area (Å²) in [6.07, 6.45) is 0. The fourth-order valence-corrected chi connectivity index (χ4v) is 1.77. The Kier molecular flexibility index (Phi) is 3.02. The molecule has 78 valence electrons. The maximum atomic E-state index is 13.6. The van der Waals surface area contributed by atoms with E-state index in [1.165, 1.54) is 6.07 Å². The summed E-state index contributed by atoms with van der Waals surface area (Å²) >= 11 is 3.21. The third-order valence-corrected chi connectivity index (χ3v) is 2.73. The zero-order chi connectivity index (χ0) is 11.5. The quantitative estimate of drug-likeness (QED) is 0.658. The summed E-state index contributed by atoms with van der Waals surface area (Å²) in [6.45, 7) is 6.83. The first-order valence-electron chi connectivity index (χ1n) is 4.63. The maximum Gasteiger partial charge on any atom is 0.187 e. The smallest absolute Gasteiger partial charge is 0.187 e. The van der Waals surface area contributed by atoms with Gasteiger partial charge in [0.05, 0.1) is 6.57 Å². The number of hydrogen-bond acceptors (Lipinski definition) is 0. The highest BCUT2D eigenvalue weighted by molar-refractivity contribution is 9.10. The first kappa shape index (κ1) is 10.8. The topological polar surface area (TPSA) is 4.36 Å². The summed E-state index contributed by atoms with van der Waals surface area (Å²) in [7, 11) is 0. The molecule has 1 nitrogen and oxygen atoms in total. The van der Waals surface area contributed by atoms with Crippen molar-refractivity contribution in [2.45, 2.75) is 0 Å². The van der Waals surface area contributed by atoms with Gasteiger partial charge in [-0.15, -0.1) is 0 Å². The zero-order valence-corrected chi connectivity index (χ0v) is 9.83. The summed E-state index contributed by atoms with van der Waals surface area (Å²) in [4.78, 5) is 3.29. The van der Waals surface area contributed by atoms with Gasteiger partial charge >= 0.3 is 0 Å². The predicted molar refractivity (Wildman–Crippen MR) is 65.8 cm³/mol. The van der Waals surface area contributed by atoms with Crippen LogP contribution in [-0.2, 0) is 0 Å². The number of rotatable bonds is 1. The van der Waals surface area contributed by atoms with Crippen molar-refractivity contribution in [2.24, 2.45) is 0 Å². The van der Waals surface area contributed by atoms with Gasteiger partial charge in [-0.3, -0.25) is 0 Å². The first-order chi connectivity index (χ1) is 7.70. The van der Waals surface area contributed by atoms with Crippen LogP contribution in [0.1, 0.15) is 0 Å². The largest absolute Gasteiger partial charge is 0.238 e. The van der Waals surface area contributed by atoms with E-state index >= 15 is 0 Å². The van der Waals surface area contributed by atoms with Crippen molar-refractivity contribution in [3.05, 3.63) is 64.2 Å². The van der Waals surface area contributed by atoms with E-state index in [4.69, 9.17) is 6.57 Å². The van der Waals surface area contributed by atoms with Gasteiger partial charge in [0.2, 0.25) is 0 Å². The minimum absolute atomic E-state index is 0.273. The van der Waals surface area contributed by atoms with Gasteiger partial charge in [0.15, 0.2) is 5.69 Å². The molecule has 2 aromatic rings. The van der Waals surface area contributed by atoms with Crippen LogP contribution in [0.2, 0.25) is 0 Å². The second kappa shape index (κ2) is 4.46. The molecule has 0 unspecified atom stereocenters. The Hall–Kier alpha value is -1.66. The minimum Gasteiger partial charge on any atom is -0.238 e. The molecule has 0 radical (unpaired) electrons. The van der Waals surface area contributed by atoms with Crippen molar-refractivity contribution in [1.82, 2.24) is 0 Å². The third kappa shape index (κ3) is 2.12. The number of hydrogen-bond donors (Lipinski definition) is 0. The Balaban J connectivity index is 2.47. The second-order valence-electron chi connectivity index (χ2n) is 3.28. The molecular weight excluding hydrogens is 269 g/mol. The van der Waals surface area contributed by atoms with Crippen molar-refractivity contribution in [2.75, 3.05) is 0 Å². The van der Waals surface area contributed by atoms with E-state index in [2.05, 4.69) is 20.8 Å². The molecule has 0 heterocycles. The summed E-state index contributed by atoms with van der Waals surface area (Å²) in [5.74, 6) is -0.273. The van der Waals surface area contributed by atoms with E-state index in [-0.39, 0.29) is 5.82 Å². The maximum absolute atomic E-state index is 13.6. The lowest BCUT2D eigenvalue weighted by Crippen LogP contribution is -1.83. The van der Waals surface area contributed by atoms with Crippen molar-refractivity contribution in [3.63, 3.8) is 0 Å². The molecule has 0 fully saturated rings.